The molecule has 0 radical (unpaired) electrons. The molecule has 0 atom stereocenters. The quantitative estimate of drug-likeness (QED) is 0.802. The van der Waals surface area contributed by atoms with Crippen LogP contribution in [0.4, 0.5) is 10.1 Å². The van der Waals surface area contributed by atoms with E-state index in [1.165, 1.54) is 30.3 Å². The van der Waals surface area contributed by atoms with E-state index in [1.54, 1.807) is 6.07 Å². The van der Waals surface area contributed by atoms with Gasteiger partial charge in [0.1, 0.15) is 11.6 Å². The van der Waals surface area contributed by atoms with Crippen LogP contribution in [-0.2, 0) is 0 Å². The number of aromatic hydroxyl groups is 1. The van der Waals surface area contributed by atoms with E-state index in [4.69, 9.17) is 11.6 Å². The molecule has 0 aromatic heterocycles. The predicted molar refractivity (Wildman–Crippen MR) is 75.2 cm³/mol. The highest BCUT2D eigenvalue weighted by molar-refractivity contribution is 9.10. The van der Waals surface area contributed by atoms with Crippen LogP contribution in [0.2, 0.25) is 5.02 Å². The van der Waals surface area contributed by atoms with Gasteiger partial charge in [-0.05, 0) is 30.3 Å². The Labute approximate surface area is 122 Å². The van der Waals surface area contributed by atoms with Crippen molar-refractivity contribution in [2.75, 3.05) is 5.32 Å². The van der Waals surface area contributed by atoms with E-state index < -0.39 is 11.7 Å². The van der Waals surface area contributed by atoms with Gasteiger partial charge in [-0.25, -0.2) is 4.39 Å². The fraction of sp³-hybridized carbons (Fsp3) is 0. The second kappa shape index (κ2) is 5.59. The van der Waals surface area contributed by atoms with E-state index in [1.807, 2.05) is 0 Å². The van der Waals surface area contributed by atoms with Crippen molar-refractivity contribution in [3.8, 4) is 5.75 Å². The highest BCUT2D eigenvalue weighted by Gasteiger charge is 2.13. The number of phenols is 1. The van der Waals surface area contributed by atoms with Gasteiger partial charge in [0.15, 0.2) is 0 Å². The Morgan fingerprint density at radius 3 is 2.63 bits per heavy atom. The predicted octanol–water partition coefficient (Wildman–Crippen LogP) is 4.20. The number of benzene rings is 2. The molecule has 0 spiro atoms. The van der Waals surface area contributed by atoms with Gasteiger partial charge in [-0.1, -0.05) is 27.5 Å². The summed E-state index contributed by atoms with van der Waals surface area (Å²) in [7, 11) is 0. The Balaban J connectivity index is 2.25. The van der Waals surface area contributed by atoms with Crippen LogP contribution in [0.15, 0.2) is 40.9 Å². The van der Waals surface area contributed by atoms with Crippen molar-refractivity contribution in [3.63, 3.8) is 0 Å². The van der Waals surface area contributed by atoms with Crippen molar-refractivity contribution in [2.45, 2.75) is 0 Å². The number of carbonyl (C=O) groups excluding carboxylic acids is 1. The van der Waals surface area contributed by atoms with Gasteiger partial charge in [0.25, 0.3) is 5.91 Å². The zero-order valence-electron chi connectivity index (χ0n) is 9.45. The maximum atomic E-state index is 13.6. The maximum absolute atomic E-state index is 13.6. The van der Waals surface area contributed by atoms with Crippen LogP contribution in [0.3, 0.4) is 0 Å². The van der Waals surface area contributed by atoms with Gasteiger partial charge in [-0.15, -0.1) is 0 Å². The number of halogens is 3. The number of carbonyl (C=O) groups is 1. The van der Waals surface area contributed by atoms with Crippen LogP contribution in [-0.4, -0.2) is 11.0 Å². The Kier molecular flexibility index (Phi) is 4.07. The molecule has 6 heteroatoms. The number of nitrogens with one attached hydrogen (secondary N) is 1. The van der Waals surface area contributed by atoms with Crippen LogP contribution >= 0.6 is 27.5 Å². The minimum atomic E-state index is -0.637. The zero-order valence-corrected chi connectivity index (χ0v) is 11.8. The summed E-state index contributed by atoms with van der Waals surface area (Å²) in [6.45, 7) is 0. The van der Waals surface area contributed by atoms with Gasteiger partial charge < -0.3 is 10.4 Å². The van der Waals surface area contributed by atoms with Crippen molar-refractivity contribution in [1.29, 1.82) is 0 Å². The molecule has 0 aliphatic rings. The van der Waals surface area contributed by atoms with E-state index in [0.29, 0.717) is 10.2 Å². The van der Waals surface area contributed by atoms with Crippen LogP contribution in [0.1, 0.15) is 10.4 Å². The Bertz CT molecular complexity index is 649. The zero-order chi connectivity index (χ0) is 14.0. The van der Waals surface area contributed by atoms with Gasteiger partial charge in [-0.2, -0.15) is 0 Å². The Morgan fingerprint density at radius 2 is 2.00 bits per heavy atom. The first-order valence-electron chi connectivity index (χ1n) is 5.22. The van der Waals surface area contributed by atoms with Crippen LogP contribution in [0.5, 0.6) is 5.75 Å². The van der Waals surface area contributed by atoms with Crippen molar-refractivity contribution >= 4 is 39.1 Å². The third kappa shape index (κ3) is 3.24. The monoisotopic (exact) mass is 343 g/mol. The Hall–Kier alpha value is -1.59. The van der Waals surface area contributed by atoms with E-state index in [2.05, 4.69) is 21.2 Å². The summed E-state index contributed by atoms with van der Waals surface area (Å²) >= 11 is 8.96. The molecule has 2 aromatic rings. The largest absolute Gasteiger partial charge is 0.508 e. The SMILES string of the molecule is O=C(Nc1ccc(O)cc1Cl)c1ccc(Br)cc1F. The molecule has 1 amide bonds. The topological polar surface area (TPSA) is 49.3 Å². The summed E-state index contributed by atoms with van der Waals surface area (Å²) in [6.07, 6.45) is 0. The third-order valence-corrected chi connectivity index (χ3v) is 3.18. The molecule has 3 nitrogen and oxygen atoms in total. The van der Waals surface area contributed by atoms with Gasteiger partial charge in [0, 0.05) is 10.5 Å². The lowest BCUT2D eigenvalue weighted by Crippen LogP contribution is -2.14. The third-order valence-electron chi connectivity index (χ3n) is 2.38. The minimum absolute atomic E-state index is 0.0159. The fourth-order valence-electron chi connectivity index (χ4n) is 1.47. The summed E-state index contributed by atoms with van der Waals surface area (Å²) < 4.78 is 14.2. The molecular formula is C13H8BrClFNO2. The second-order valence-electron chi connectivity index (χ2n) is 3.74. The van der Waals surface area contributed by atoms with E-state index in [0.717, 1.165) is 0 Å². The number of anilines is 1. The van der Waals surface area contributed by atoms with Crippen molar-refractivity contribution in [1.82, 2.24) is 0 Å². The van der Waals surface area contributed by atoms with Gasteiger partial charge in [0.05, 0.1) is 16.3 Å². The molecule has 2 aromatic carbocycles. The lowest BCUT2D eigenvalue weighted by Gasteiger charge is -2.08. The molecule has 0 saturated carbocycles. The van der Waals surface area contributed by atoms with Crippen molar-refractivity contribution in [2.24, 2.45) is 0 Å². The van der Waals surface area contributed by atoms with Crippen molar-refractivity contribution in [3.05, 3.63) is 57.3 Å². The van der Waals surface area contributed by atoms with Crippen LogP contribution < -0.4 is 5.32 Å². The molecule has 0 unspecified atom stereocenters. The van der Waals surface area contributed by atoms with Gasteiger partial charge >= 0.3 is 0 Å². The smallest absolute Gasteiger partial charge is 0.258 e. The first-order valence-corrected chi connectivity index (χ1v) is 6.39. The summed E-state index contributed by atoms with van der Waals surface area (Å²) in [4.78, 5) is 11.9. The molecule has 0 bridgehead atoms. The van der Waals surface area contributed by atoms with Crippen LogP contribution in [0.25, 0.3) is 0 Å². The van der Waals surface area contributed by atoms with Crippen molar-refractivity contribution < 1.29 is 14.3 Å². The first-order chi connectivity index (χ1) is 8.97. The Morgan fingerprint density at radius 1 is 1.26 bits per heavy atom. The van der Waals surface area contributed by atoms with Crippen LogP contribution in [0, 0.1) is 5.82 Å². The molecule has 0 aliphatic carbocycles. The van der Waals surface area contributed by atoms with E-state index in [-0.39, 0.29) is 16.3 Å². The van der Waals surface area contributed by atoms with Gasteiger partial charge in [-0.3, -0.25) is 4.79 Å². The number of hydrogen-bond donors (Lipinski definition) is 2. The standard InChI is InChI=1S/C13H8BrClFNO2/c14-7-1-3-9(11(16)5-7)13(19)17-12-4-2-8(18)6-10(12)15/h1-6,18H,(H,17,19). The lowest BCUT2D eigenvalue weighted by molar-refractivity contribution is 0.102. The summed E-state index contributed by atoms with van der Waals surface area (Å²) in [6, 6.07) is 8.23. The molecule has 0 heterocycles. The summed E-state index contributed by atoms with van der Waals surface area (Å²) in [5.41, 5.74) is 0.208. The minimum Gasteiger partial charge on any atom is -0.508 e. The average molecular weight is 345 g/mol. The molecule has 0 fully saturated rings. The molecule has 98 valence electrons. The normalized spacial score (nSPS) is 10.3. The first kappa shape index (κ1) is 13.8. The maximum Gasteiger partial charge on any atom is 0.258 e. The molecule has 2 N–H and O–H groups in total. The highest BCUT2D eigenvalue weighted by Crippen LogP contribution is 2.26. The molecule has 19 heavy (non-hydrogen) atoms. The molecule has 2 rings (SSSR count). The highest BCUT2D eigenvalue weighted by atomic mass is 79.9. The van der Waals surface area contributed by atoms with E-state index >= 15 is 0 Å². The number of rotatable bonds is 2. The van der Waals surface area contributed by atoms with Gasteiger partial charge in [0.2, 0.25) is 0 Å². The molecule has 0 saturated heterocycles. The number of hydrogen-bond acceptors (Lipinski definition) is 2. The molecular weight excluding hydrogens is 337 g/mol. The fourth-order valence-corrected chi connectivity index (χ4v) is 2.02. The summed E-state index contributed by atoms with van der Waals surface area (Å²) in [5.74, 6) is -1.27. The average Bonchev–Trinajstić information content (AvgIpc) is 2.32. The second-order valence-corrected chi connectivity index (χ2v) is 5.07. The molecule has 0 aliphatic heterocycles. The summed E-state index contributed by atoms with van der Waals surface area (Å²) in [5, 5.41) is 11.8. The number of amides is 1. The lowest BCUT2D eigenvalue weighted by atomic mass is 10.2. The number of phenolic OH excluding ortho intramolecular Hbond substituents is 1. The van der Waals surface area contributed by atoms with E-state index in [9.17, 15) is 14.3 Å².